The van der Waals surface area contributed by atoms with E-state index in [1.807, 2.05) is 18.0 Å². The highest BCUT2D eigenvalue weighted by atomic mass is 16.2. The van der Waals surface area contributed by atoms with E-state index in [4.69, 9.17) is 0 Å². The Morgan fingerprint density at radius 2 is 1.86 bits per heavy atom. The quantitative estimate of drug-likeness (QED) is 0.654. The average molecular weight is 301 g/mol. The Hall–Kier alpha value is -0.790. The van der Waals surface area contributed by atoms with Gasteiger partial charge in [-0.25, -0.2) is 0 Å². The first-order chi connectivity index (χ1) is 10.4. The van der Waals surface area contributed by atoms with E-state index in [-0.39, 0.29) is 11.3 Å². The number of hydrogen-bond donors (Lipinski definition) is 0. The van der Waals surface area contributed by atoms with Crippen molar-refractivity contribution in [2.45, 2.75) is 65.3 Å². The van der Waals surface area contributed by atoms with E-state index in [1.165, 1.54) is 38.5 Å². The molecule has 4 aliphatic rings. The topological polar surface area (TPSA) is 20.3 Å². The summed E-state index contributed by atoms with van der Waals surface area (Å²) in [4.78, 5) is 14.1. The van der Waals surface area contributed by atoms with Gasteiger partial charge in [0.25, 0.3) is 0 Å². The average Bonchev–Trinajstić information content (AvgIpc) is 2.79. The zero-order valence-corrected chi connectivity index (χ0v) is 14.6. The van der Waals surface area contributed by atoms with Gasteiger partial charge in [-0.15, -0.1) is 0 Å². The second-order valence-corrected chi connectivity index (χ2v) is 9.14. The van der Waals surface area contributed by atoms with Crippen LogP contribution in [0.5, 0.6) is 0 Å². The Morgan fingerprint density at radius 3 is 2.64 bits per heavy atom. The lowest BCUT2D eigenvalue weighted by molar-refractivity contribution is -0.138. The first-order valence-corrected chi connectivity index (χ1v) is 9.34. The lowest BCUT2D eigenvalue weighted by Gasteiger charge is -2.60. The summed E-state index contributed by atoms with van der Waals surface area (Å²) in [6, 6.07) is 0.425. The molecular formula is C20H31NO. The Labute approximate surface area is 135 Å². The minimum Gasteiger partial charge on any atom is -0.338 e. The number of carbonyl (C=O) groups excluding carboxylic acids is 1. The Kier molecular flexibility index (Phi) is 3.10. The highest BCUT2D eigenvalue weighted by Gasteiger charge is 2.59. The van der Waals surface area contributed by atoms with Crippen molar-refractivity contribution in [2.75, 3.05) is 7.05 Å². The summed E-state index contributed by atoms with van der Waals surface area (Å²) in [5.41, 5.74) is 0.795. The smallest absolute Gasteiger partial charge is 0.246 e. The van der Waals surface area contributed by atoms with Crippen LogP contribution in [0.2, 0.25) is 0 Å². The van der Waals surface area contributed by atoms with Gasteiger partial charge in [0.05, 0.1) is 0 Å². The summed E-state index contributed by atoms with van der Waals surface area (Å²) in [5, 5.41) is 0. The van der Waals surface area contributed by atoms with E-state index in [2.05, 4.69) is 26.8 Å². The molecule has 0 bridgehead atoms. The first-order valence-electron chi connectivity index (χ1n) is 9.34. The van der Waals surface area contributed by atoms with E-state index in [0.29, 0.717) is 11.5 Å². The molecule has 0 radical (unpaired) electrons. The lowest BCUT2D eigenvalue weighted by Crippen LogP contribution is -2.59. The SMILES string of the molecule is C[C@H]1CC[C@H]2C3CC[C@H]4N(C)C(=O)C=C[C@]4(C)C3CC[C@]12C. The summed E-state index contributed by atoms with van der Waals surface area (Å²) in [6.07, 6.45) is 12.3. The molecule has 22 heavy (non-hydrogen) atoms. The number of likely N-dealkylation sites (N-methyl/N-ethyl adjacent to an activating group) is 1. The second kappa shape index (κ2) is 4.61. The highest BCUT2D eigenvalue weighted by Crippen LogP contribution is 2.65. The minimum atomic E-state index is 0.205. The van der Waals surface area contributed by atoms with E-state index in [9.17, 15) is 4.79 Å². The third kappa shape index (κ3) is 1.70. The fourth-order valence-electron chi connectivity index (χ4n) is 7.00. The van der Waals surface area contributed by atoms with Gasteiger partial charge >= 0.3 is 0 Å². The van der Waals surface area contributed by atoms with Crippen LogP contribution in [0.1, 0.15) is 59.3 Å². The molecule has 1 aliphatic heterocycles. The van der Waals surface area contributed by atoms with Gasteiger partial charge in [-0.05, 0) is 73.7 Å². The van der Waals surface area contributed by atoms with Crippen LogP contribution in [0.25, 0.3) is 0 Å². The van der Waals surface area contributed by atoms with Crippen molar-refractivity contribution in [3.63, 3.8) is 0 Å². The number of hydrogen-bond acceptors (Lipinski definition) is 1. The van der Waals surface area contributed by atoms with Crippen molar-refractivity contribution in [2.24, 2.45) is 34.5 Å². The monoisotopic (exact) mass is 301 g/mol. The van der Waals surface area contributed by atoms with Crippen molar-refractivity contribution in [1.82, 2.24) is 4.90 Å². The second-order valence-electron chi connectivity index (χ2n) is 9.14. The summed E-state index contributed by atoms with van der Waals surface area (Å²) in [7, 11) is 2.01. The zero-order chi connectivity index (χ0) is 15.7. The van der Waals surface area contributed by atoms with Crippen LogP contribution >= 0.6 is 0 Å². The molecule has 4 rings (SSSR count). The molecule has 0 aromatic rings. The third-order valence-corrected chi connectivity index (χ3v) is 8.60. The van der Waals surface area contributed by atoms with Gasteiger partial charge in [-0.3, -0.25) is 4.79 Å². The summed E-state index contributed by atoms with van der Waals surface area (Å²) in [5.74, 6) is 3.69. The van der Waals surface area contributed by atoms with E-state index in [1.54, 1.807) is 0 Å². The van der Waals surface area contributed by atoms with E-state index in [0.717, 1.165) is 23.7 Å². The van der Waals surface area contributed by atoms with Crippen LogP contribution in [0, 0.1) is 34.5 Å². The fraction of sp³-hybridized carbons (Fsp3) is 0.850. The van der Waals surface area contributed by atoms with E-state index < -0.39 is 0 Å². The van der Waals surface area contributed by atoms with Gasteiger partial charge < -0.3 is 4.90 Å². The molecule has 0 aromatic heterocycles. The molecule has 0 aromatic carbocycles. The fourth-order valence-corrected chi connectivity index (χ4v) is 7.00. The predicted molar refractivity (Wildman–Crippen MR) is 89.2 cm³/mol. The predicted octanol–water partition coefficient (Wildman–Crippen LogP) is 4.26. The summed E-state index contributed by atoms with van der Waals surface area (Å²) in [6.45, 7) is 7.50. The molecular weight excluding hydrogens is 270 g/mol. The van der Waals surface area contributed by atoms with Crippen molar-refractivity contribution in [3.8, 4) is 0 Å². The molecule has 0 saturated heterocycles. The van der Waals surface area contributed by atoms with Gasteiger partial charge in [0.2, 0.25) is 5.91 Å². The van der Waals surface area contributed by atoms with Crippen LogP contribution in [-0.4, -0.2) is 23.9 Å². The molecule has 3 fully saturated rings. The molecule has 0 N–H and O–H groups in total. The molecule has 7 atom stereocenters. The molecule has 2 nitrogen and oxygen atoms in total. The number of carbonyl (C=O) groups is 1. The number of amides is 1. The van der Waals surface area contributed by atoms with Gasteiger partial charge in [0, 0.05) is 18.5 Å². The molecule has 1 heterocycles. The largest absolute Gasteiger partial charge is 0.338 e. The zero-order valence-electron chi connectivity index (χ0n) is 14.6. The highest BCUT2D eigenvalue weighted by molar-refractivity contribution is 5.89. The summed E-state index contributed by atoms with van der Waals surface area (Å²) < 4.78 is 0. The molecule has 2 heteroatoms. The van der Waals surface area contributed by atoms with Crippen LogP contribution in [0.3, 0.4) is 0 Å². The Morgan fingerprint density at radius 1 is 1.09 bits per heavy atom. The maximum atomic E-state index is 12.1. The van der Waals surface area contributed by atoms with Crippen LogP contribution in [-0.2, 0) is 4.79 Å². The van der Waals surface area contributed by atoms with Crippen molar-refractivity contribution in [3.05, 3.63) is 12.2 Å². The minimum absolute atomic E-state index is 0.205. The normalized spacial score (nSPS) is 53.9. The van der Waals surface area contributed by atoms with Gasteiger partial charge in [0.1, 0.15) is 0 Å². The van der Waals surface area contributed by atoms with Crippen LogP contribution in [0.4, 0.5) is 0 Å². The van der Waals surface area contributed by atoms with Crippen molar-refractivity contribution >= 4 is 5.91 Å². The standard InChI is InChI=1S/C20H31NO/c1-13-5-7-15-14-6-8-17-20(3,12-10-18(22)21(17)4)16(14)9-11-19(13,15)2/h10,12-17H,5-9,11H2,1-4H3/t13-,14?,15-,16?,17+,19+,20+/m0/s1. The van der Waals surface area contributed by atoms with Crippen molar-refractivity contribution < 1.29 is 4.79 Å². The first kappa shape index (κ1) is 14.8. The molecule has 2 unspecified atom stereocenters. The van der Waals surface area contributed by atoms with Crippen LogP contribution < -0.4 is 0 Å². The molecule has 0 spiro atoms. The summed E-state index contributed by atoms with van der Waals surface area (Å²) >= 11 is 0. The Bertz CT molecular complexity index is 526. The molecule has 3 aliphatic carbocycles. The Balaban J connectivity index is 1.70. The van der Waals surface area contributed by atoms with Gasteiger partial charge in [0.15, 0.2) is 0 Å². The van der Waals surface area contributed by atoms with E-state index >= 15 is 0 Å². The molecule has 3 saturated carbocycles. The van der Waals surface area contributed by atoms with Crippen molar-refractivity contribution in [1.29, 1.82) is 0 Å². The van der Waals surface area contributed by atoms with Gasteiger partial charge in [-0.2, -0.15) is 0 Å². The van der Waals surface area contributed by atoms with Gasteiger partial charge in [-0.1, -0.05) is 26.8 Å². The number of nitrogens with zero attached hydrogens (tertiary/aromatic N) is 1. The third-order valence-electron chi connectivity index (χ3n) is 8.60. The maximum Gasteiger partial charge on any atom is 0.246 e. The van der Waals surface area contributed by atoms with Crippen LogP contribution in [0.15, 0.2) is 12.2 Å². The number of rotatable bonds is 0. The molecule has 1 amide bonds. The number of fused-ring (bicyclic) bond motifs is 5. The molecule has 122 valence electrons. The lowest BCUT2D eigenvalue weighted by atomic mass is 9.48. The maximum absolute atomic E-state index is 12.1.